The molecule has 0 spiro atoms. The van der Waals surface area contributed by atoms with Crippen LogP contribution in [0.4, 0.5) is 35.1 Å². The lowest BCUT2D eigenvalue weighted by Crippen LogP contribution is -2.50. The molecular formula is C5HBrF8. The van der Waals surface area contributed by atoms with Crippen LogP contribution in [0.3, 0.4) is 0 Å². The van der Waals surface area contributed by atoms with E-state index in [1.807, 2.05) is 0 Å². The van der Waals surface area contributed by atoms with Gasteiger partial charge in [-0.15, -0.1) is 0 Å². The van der Waals surface area contributed by atoms with Crippen molar-refractivity contribution in [3.63, 3.8) is 0 Å². The minimum absolute atomic E-state index is 0.988. The normalized spacial score (nSPS) is 14.1. The summed E-state index contributed by atoms with van der Waals surface area (Å²) in [6.07, 6.45) is -4.70. The Labute approximate surface area is 80.7 Å². The lowest BCUT2D eigenvalue weighted by atomic mass is 10.2. The maximum atomic E-state index is 12.1. The van der Waals surface area contributed by atoms with Crippen LogP contribution in [0.1, 0.15) is 0 Å². The molecule has 0 unspecified atom stereocenters. The van der Waals surface area contributed by atoms with Gasteiger partial charge in [-0.3, -0.25) is 0 Å². The van der Waals surface area contributed by atoms with Gasteiger partial charge in [-0.1, -0.05) is 0 Å². The number of halogens is 9. The van der Waals surface area contributed by atoms with Crippen LogP contribution in [-0.4, -0.2) is 16.7 Å². The second-order valence-electron chi connectivity index (χ2n) is 2.13. The van der Waals surface area contributed by atoms with Crippen LogP contribution in [0.2, 0.25) is 0 Å². The molecule has 0 aromatic heterocycles. The van der Waals surface area contributed by atoms with Crippen molar-refractivity contribution < 1.29 is 35.1 Å². The Kier molecular flexibility index (Phi) is 3.58. The third-order valence-electron chi connectivity index (χ3n) is 1.07. The second-order valence-corrected chi connectivity index (χ2v) is 3.13. The van der Waals surface area contributed by atoms with Gasteiger partial charge < -0.3 is 0 Å². The van der Waals surface area contributed by atoms with Gasteiger partial charge in [0, 0.05) is 0 Å². The molecule has 9 heteroatoms. The predicted molar refractivity (Wildman–Crippen MR) is 34.1 cm³/mol. The average Bonchev–Trinajstić information content (AvgIpc) is 1.80. The molecule has 0 rings (SSSR count). The van der Waals surface area contributed by atoms with Crippen molar-refractivity contribution >= 4 is 15.9 Å². The van der Waals surface area contributed by atoms with E-state index in [1.54, 1.807) is 0 Å². The minimum atomic E-state index is -5.94. The topological polar surface area (TPSA) is 0 Å². The van der Waals surface area contributed by atoms with Crippen LogP contribution in [0.5, 0.6) is 0 Å². The first-order valence-corrected chi connectivity index (χ1v) is 3.57. The Morgan fingerprint density at radius 2 is 1.29 bits per heavy atom. The molecule has 0 saturated heterocycles. The van der Waals surface area contributed by atoms with E-state index < -0.39 is 28.8 Å². The molecule has 0 heterocycles. The zero-order valence-electron chi connectivity index (χ0n) is 5.98. The zero-order chi connectivity index (χ0) is 11.8. The van der Waals surface area contributed by atoms with Crippen molar-refractivity contribution in [2.24, 2.45) is 0 Å². The largest absolute Gasteiger partial charge is 0.386 e. The van der Waals surface area contributed by atoms with Crippen LogP contribution in [0.25, 0.3) is 0 Å². The summed E-state index contributed by atoms with van der Waals surface area (Å²) in [5.41, 5.74) is 0. The maximum absolute atomic E-state index is 12.1. The highest BCUT2D eigenvalue weighted by Crippen LogP contribution is 2.49. The summed E-state index contributed by atoms with van der Waals surface area (Å²) >= 11 is 0.988. The lowest BCUT2D eigenvalue weighted by Gasteiger charge is -2.26. The molecule has 0 atom stereocenters. The van der Waals surface area contributed by atoms with Gasteiger partial charge in [-0.25, -0.2) is 0 Å². The smallest absolute Gasteiger partial charge is 0.194 e. The molecule has 0 amide bonds. The van der Waals surface area contributed by atoms with Crippen molar-refractivity contribution in [1.82, 2.24) is 0 Å². The predicted octanol–water partition coefficient (Wildman–Crippen LogP) is 4.03. The van der Waals surface area contributed by atoms with Gasteiger partial charge in [-0.2, -0.15) is 35.1 Å². The number of hydrogen-bond donors (Lipinski definition) is 0. The van der Waals surface area contributed by atoms with Crippen LogP contribution in [0, 0.1) is 0 Å². The van der Waals surface area contributed by atoms with Gasteiger partial charge >= 0.3 is 16.7 Å². The van der Waals surface area contributed by atoms with Crippen LogP contribution < -0.4 is 0 Å². The Bertz CT molecular complexity index is 235. The average molecular weight is 293 g/mol. The van der Waals surface area contributed by atoms with Crippen molar-refractivity contribution in [3.8, 4) is 0 Å². The Morgan fingerprint density at radius 1 is 0.929 bits per heavy atom. The second kappa shape index (κ2) is 3.67. The van der Waals surface area contributed by atoms with E-state index >= 15 is 0 Å². The number of hydrogen-bond acceptors (Lipinski definition) is 0. The van der Waals surface area contributed by atoms with Gasteiger partial charge in [0.05, 0.1) is 6.08 Å². The Balaban J connectivity index is 5.18. The van der Waals surface area contributed by atoms with Crippen LogP contribution >= 0.6 is 15.9 Å². The lowest BCUT2D eigenvalue weighted by molar-refractivity contribution is -0.254. The van der Waals surface area contributed by atoms with E-state index in [1.165, 1.54) is 0 Å². The van der Waals surface area contributed by atoms with E-state index in [2.05, 4.69) is 0 Å². The van der Waals surface area contributed by atoms with Gasteiger partial charge in [0.2, 0.25) is 0 Å². The van der Waals surface area contributed by atoms with Crippen molar-refractivity contribution in [2.45, 2.75) is 16.7 Å². The molecule has 0 radical (unpaired) electrons. The van der Waals surface area contributed by atoms with Crippen molar-refractivity contribution in [2.75, 3.05) is 0 Å². The minimum Gasteiger partial charge on any atom is -0.194 e. The molecule has 0 fully saturated rings. The van der Waals surface area contributed by atoms with Gasteiger partial charge in [0.25, 0.3) is 6.08 Å². The van der Waals surface area contributed by atoms with Crippen LogP contribution in [0.15, 0.2) is 12.2 Å². The molecule has 0 aliphatic carbocycles. The quantitative estimate of drug-likeness (QED) is 0.544. The Hall–Kier alpha value is -0.340. The summed E-state index contributed by atoms with van der Waals surface area (Å²) < 4.78 is 94.7. The molecule has 0 aromatic rings. The highest BCUT2D eigenvalue weighted by molar-refractivity contribution is 9.10. The molecule has 0 aliphatic heterocycles. The molecule has 0 bridgehead atoms. The monoisotopic (exact) mass is 292 g/mol. The standard InChI is InChI=1S/C5HBrF8/c6-5(13,14)4(11,12)3(9,10)1-2(7)8/h1H. The van der Waals surface area contributed by atoms with E-state index in [9.17, 15) is 35.1 Å². The van der Waals surface area contributed by atoms with E-state index in [-0.39, 0.29) is 0 Å². The highest BCUT2D eigenvalue weighted by atomic mass is 79.9. The summed E-state index contributed by atoms with van der Waals surface area (Å²) in [4.78, 5) is -5.28. The van der Waals surface area contributed by atoms with Gasteiger partial charge in [0.1, 0.15) is 0 Å². The van der Waals surface area contributed by atoms with Gasteiger partial charge in [0.15, 0.2) is 0 Å². The fourth-order valence-corrected chi connectivity index (χ4v) is 0.681. The van der Waals surface area contributed by atoms with Crippen molar-refractivity contribution in [3.05, 3.63) is 12.2 Å². The maximum Gasteiger partial charge on any atom is 0.386 e. The third-order valence-corrected chi connectivity index (χ3v) is 1.56. The number of alkyl halides is 7. The number of rotatable bonds is 3. The van der Waals surface area contributed by atoms with Crippen LogP contribution in [-0.2, 0) is 0 Å². The molecule has 0 N–H and O–H groups in total. The highest BCUT2D eigenvalue weighted by Gasteiger charge is 2.70. The molecular weight excluding hydrogens is 292 g/mol. The third kappa shape index (κ3) is 2.58. The first-order chi connectivity index (χ1) is 5.92. The molecule has 84 valence electrons. The summed E-state index contributed by atoms with van der Waals surface area (Å²) in [6, 6.07) is 0. The molecule has 0 nitrogen and oxygen atoms in total. The van der Waals surface area contributed by atoms with Crippen molar-refractivity contribution in [1.29, 1.82) is 0 Å². The SMILES string of the molecule is FC(F)=CC(F)(F)C(F)(F)C(F)(F)Br. The van der Waals surface area contributed by atoms with Gasteiger partial charge in [-0.05, 0) is 15.9 Å². The molecule has 14 heavy (non-hydrogen) atoms. The Morgan fingerprint density at radius 3 is 1.50 bits per heavy atom. The summed E-state index contributed by atoms with van der Waals surface area (Å²) in [7, 11) is 0. The zero-order valence-corrected chi connectivity index (χ0v) is 7.57. The molecule has 0 aliphatic rings. The van der Waals surface area contributed by atoms with E-state index in [4.69, 9.17) is 0 Å². The summed E-state index contributed by atoms with van der Waals surface area (Å²) in [5.74, 6) is -11.6. The fraction of sp³-hybridized carbons (Fsp3) is 0.600. The summed E-state index contributed by atoms with van der Waals surface area (Å²) in [6.45, 7) is 0. The summed E-state index contributed by atoms with van der Waals surface area (Å²) in [5, 5.41) is 0. The molecule has 0 saturated carbocycles. The first kappa shape index (κ1) is 13.7. The van der Waals surface area contributed by atoms with E-state index in [0.717, 1.165) is 15.9 Å². The van der Waals surface area contributed by atoms with E-state index in [0.29, 0.717) is 0 Å². The number of allylic oxidation sites excluding steroid dienone is 1. The first-order valence-electron chi connectivity index (χ1n) is 2.78. The molecule has 0 aromatic carbocycles. The fourth-order valence-electron chi connectivity index (χ4n) is 0.417.